The number of benzene rings is 3. The van der Waals surface area contributed by atoms with Crippen LogP contribution in [0.3, 0.4) is 0 Å². The molecule has 0 spiro atoms. The summed E-state index contributed by atoms with van der Waals surface area (Å²) >= 11 is 0. The van der Waals surface area contributed by atoms with Gasteiger partial charge in [-0.25, -0.2) is 0 Å². The number of Topliss-reactive ketones (excluding diaryl/α,β-unsaturated/α-hetero) is 1. The summed E-state index contributed by atoms with van der Waals surface area (Å²) in [6.45, 7) is 6.33. The molecule has 1 unspecified atom stereocenters. The summed E-state index contributed by atoms with van der Waals surface area (Å²) in [4.78, 5) is 28.1. The van der Waals surface area contributed by atoms with Crippen molar-refractivity contribution in [2.75, 3.05) is 18.6 Å². The fraction of sp³-hybridized carbons (Fsp3) is 0.214. The van der Waals surface area contributed by atoms with Gasteiger partial charge in [0.1, 0.15) is 17.3 Å². The molecule has 4 rings (SSSR count). The Morgan fingerprint density at radius 3 is 2.32 bits per heavy atom. The Morgan fingerprint density at radius 1 is 0.971 bits per heavy atom. The molecule has 0 aliphatic carbocycles. The molecule has 6 nitrogen and oxygen atoms in total. The molecule has 1 aliphatic rings. The molecule has 34 heavy (non-hydrogen) atoms. The lowest BCUT2D eigenvalue weighted by molar-refractivity contribution is -0.132. The monoisotopic (exact) mass is 457 g/mol. The maximum absolute atomic E-state index is 13.3. The fourth-order valence-corrected chi connectivity index (χ4v) is 4.19. The van der Waals surface area contributed by atoms with Gasteiger partial charge < -0.3 is 14.6 Å². The van der Waals surface area contributed by atoms with E-state index in [0.717, 1.165) is 11.1 Å². The predicted octanol–water partition coefficient (Wildman–Crippen LogP) is 5.34. The van der Waals surface area contributed by atoms with Gasteiger partial charge in [0.25, 0.3) is 11.7 Å². The number of ether oxygens (including phenoxy) is 2. The van der Waals surface area contributed by atoms with E-state index in [1.165, 1.54) is 12.0 Å². The first-order valence-corrected chi connectivity index (χ1v) is 11.1. The molecule has 3 aromatic carbocycles. The molecule has 1 fully saturated rings. The number of hydrogen-bond donors (Lipinski definition) is 1. The number of amides is 1. The zero-order valence-electron chi connectivity index (χ0n) is 19.7. The second-order valence-corrected chi connectivity index (χ2v) is 8.14. The smallest absolute Gasteiger partial charge is 0.300 e. The second-order valence-electron chi connectivity index (χ2n) is 8.14. The largest absolute Gasteiger partial charge is 0.507 e. The van der Waals surface area contributed by atoms with Crippen LogP contribution < -0.4 is 14.4 Å². The molecule has 3 aromatic rings. The Hall–Kier alpha value is -4.06. The van der Waals surface area contributed by atoms with Crippen LogP contribution in [0.5, 0.6) is 11.5 Å². The predicted molar refractivity (Wildman–Crippen MR) is 131 cm³/mol. The van der Waals surface area contributed by atoms with Crippen LogP contribution in [0.25, 0.3) is 5.76 Å². The zero-order chi connectivity index (χ0) is 24.4. The number of carbonyl (C=O) groups is 2. The molecule has 1 heterocycles. The van der Waals surface area contributed by atoms with Gasteiger partial charge >= 0.3 is 0 Å². The van der Waals surface area contributed by atoms with Gasteiger partial charge in [-0.15, -0.1) is 0 Å². The summed E-state index contributed by atoms with van der Waals surface area (Å²) < 4.78 is 11.0. The number of anilines is 1. The lowest BCUT2D eigenvalue weighted by Gasteiger charge is -2.27. The number of ketones is 1. The average Bonchev–Trinajstić information content (AvgIpc) is 3.11. The lowest BCUT2D eigenvalue weighted by Crippen LogP contribution is -2.29. The standard InChI is InChI=1S/C28H27NO5/c1-5-34-21-14-11-19(12-15-21)26(30)24-25(22-8-6-7-9-23(22)33-4)29(28(32)27(24)31)20-13-10-17(2)18(3)16-20/h6-16,25,30H,5H2,1-4H3/b26-24+. The average molecular weight is 458 g/mol. The maximum atomic E-state index is 13.3. The van der Waals surface area contributed by atoms with Crippen LogP contribution in [0.4, 0.5) is 5.69 Å². The number of nitrogens with zero attached hydrogens (tertiary/aromatic N) is 1. The Balaban J connectivity index is 1.94. The molecule has 174 valence electrons. The van der Waals surface area contributed by atoms with E-state index in [1.54, 1.807) is 36.4 Å². The van der Waals surface area contributed by atoms with E-state index in [1.807, 2.05) is 51.1 Å². The molecule has 1 N–H and O–H groups in total. The number of methoxy groups -OCH3 is 1. The Labute approximate surface area is 199 Å². The third-order valence-corrected chi connectivity index (χ3v) is 6.09. The minimum absolute atomic E-state index is 0.0110. The van der Waals surface area contributed by atoms with Crippen molar-refractivity contribution >= 4 is 23.1 Å². The molecule has 0 aromatic heterocycles. The molecule has 1 atom stereocenters. The highest BCUT2D eigenvalue weighted by Gasteiger charge is 2.48. The molecule has 0 bridgehead atoms. The van der Waals surface area contributed by atoms with Crippen molar-refractivity contribution in [1.29, 1.82) is 0 Å². The van der Waals surface area contributed by atoms with E-state index in [0.29, 0.717) is 34.9 Å². The molecule has 1 amide bonds. The topological polar surface area (TPSA) is 76.1 Å². The fourth-order valence-electron chi connectivity index (χ4n) is 4.19. The quantitative estimate of drug-likeness (QED) is 0.307. The Bertz CT molecular complexity index is 1280. The van der Waals surface area contributed by atoms with E-state index >= 15 is 0 Å². The van der Waals surface area contributed by atoms with Gasteiger partial charge in [-0.3, -0.25) is 14.5 Å². The summed E-state index contributed by atoms with van der Waals surface area (Å²) in [5.41, 5.74) is 3.67. The van der Waals surface area contributed by atoms with E-state index in [9.17, 15) is 14.7 Å². The van der Waals surface area contributed by atoms with Gasteiger partial charge in [0.15, 0.2) is 0 Å². The minimum Gasteiger partial charge on any atom is -0.507 e. The van der Waals surface area contributed by atoms with Crippen LogP contribution in [-0.2, 0) is 9.59 Å². The molecular formula is C28H27NO5. The van der Waals surface area contributed by atoms with Crippen LogP contribution >= 0.6 is 0 Å². The van der Waals surface area contributed by atoms with E-state index in [-0.39, 0.29) is 11.3 Å². The summed E-state index contributed by atoms with van der Waals surface area (Å²) in [6.07, 6.45) is 0. The van der Waals surface area contributed by atoms with Crippen LogP contribution in [0.2, 0.25) is 0 Å². The molecular weight excluding hydrogens is 430 g/mol. The van der Waals surface area contributed by atoms with E-state index in [2.05, 4.69) is 0 Å². The van der Waals surface area contributed by atoms with Crippen molar-refractivity contribution in [1.82, 2.24) is 0 Å². The van der Waals surface area contributed by atoms with Crippen molar-refractivity contribution in [3.8, 4) is 11.5 Å². The van der Waals surface area contributed by atoms with Gasteiger partial charge in [-0.2, -0.15) is 0 Å². The summed E-state index contributed by atoms with van der Waals surface area (Å²) in [5.74, 6) is -0.535. The molecule has 1 aliphatic heterocycles. The molecule has 6 heteroatoms. The summed E-state index contributed by atoms with van der Waals surface area (Å²) in [6, 6.07) is 18.7. The summed E-state index contributed by atoms with van der Waals surface area (Å²) in [5, 5.41) is 11.3. The molecule has 0 radical (unpaired) electrons. The van der Waals surface area contributed by atoms with Crippen LogP contribution in [-0.4, -0.2) is 30.5 Å². The minimum atomic E-state index is -0.857. The van der Waals surface area contributed by atoms with Crippen molar-refractivity contribution in [2.45, 2.75) is 26.8 Å². The molecule has 1 saturated heterocycles. The number of aliphatic hydroxyl groups is 1. The normalized spacial score (nSPS) is 17.2. The van der Waals surface area contributed by atoms with Gasteiger partial charge in [-0.05, 0) is 74.4 Å². The first-order chi connectivity index (χ1) is 16.4. The van der Waals surface area contributed by atoms with Gasteiger partial charge in [-0.1, -0.05) is 24.3 Å². The van der Waals surface area contributed by atoms with Crippen LogP contribution in [0.1, 0.15) is 35.2 Å². The number of aryl methyl sites for hydroxylation is 2. The second kappa shape index (κ2) is 9.43. The van der Waals surface area contributed by atoms with Crippen LogP contribution in [0.15, 0.2) is 72.3 Å². The molecule has 0 saturated carbocycles. The van der Waals surface area contributed by atoms with Crippen molar-refractivity contribution in [3.05, 3.63) is 94.6 Å². The highest BCUT2D eigenvalue weighted by molar-refractivity contribution is 6.51. The number of hydrogen-bond acceptors (Lipinski definition) is 5. The SMILES string of the molecule is CCOc1ccc(/C(O)=C2\C(=O)C(=O)N(c3ccc(C)c(C)c3)C2c2ccccc2OC)cc1. The highest BCUT2D eigenvalue weighted by atomic mass is 16.5. The zero-order valence-corrected chi connectivity index (χ0v) is 19.7. The van der Waals surface area contributed by atoms with Gasteiger partial charge in [0, 0.05) is 16.8 Å². The maximum Gasteiger partial charge on any atom is 0.300 e. The summed E-state index contributed by atoms with van der Waals surface area (Å²) in [7, 11) is 1.54. The number of carbonyl (C=O) groups excluding carboxylic acids is 2. The van der Waals surface area contributed by atoms with Gasteiger partial charge in [0.05, 0.1) is 25.3 Å². The number of aliphatic hydroxyl groups excluding tert-OH is 1. The van der Waals surface area contributed by atoms with Crippen molar-refractivity contribution in [3.63, 3.8) is 0 Å². The number of para-hydroxylation sites is 1. The Kier molecular flexibility index (Phi) is 6.41. The first-order valence-electron chi connectivity index (χ1n) is 11.1. The van der Waals surface area contributed by atoms with Crippen molar-refractivity contribution in [2.24, 2.45) is 0 Å². The van der Waals surface area contributed by atoms with Crippen molar-refractivity contribution < 1.29 is 24.2 Å². The Morgan fingerprint density at radius 2 is 1.68 bits per heavy atom. The van der Waals surface area contributed by atoms with E-state index < -0.39 is 17.7 Å². The third kappa shape index (κ3) is 4.03. The van der Waals surface area contributed by atoms with E-state index in [4.69, 9.17) is 9.47 Å². The third-order valence-electron chi connectivity index (χ3n) is 6.09. The van der Waals surface area contributed by atoms with Crippen LogP contribution in [0, 0.1) is 13.8 Å². The highest BCUT2D eigenvalue weighted by Crippen LogP contribution is 2.45. The number of rotatable bonds is 6. The first kappa shape index (κ1) is 23.1. The van der Waals surface area contributed by atoms with Gasteiger partial charge in [0.2, 0.25) is 0 Å². The lowest BCUT2D eigenvalue weighted by atomic mass is 9.94.